The number of aromatic amines is 1. The van der Waals surface area contributed by atoms with E-state index in [0.717, 1.165) is 5.39 Å². The van der Waals surface area contributed by atoms with Gasteiger partial charge in [-0.05, 0) is 12.1 Å². The summed E-state index contributed by atoms with van der Waals surface area (Å²) >= 11 is 1.24. The number of hydrogen-bond donors (Lipinski definition) is 2. The molecule has 0 saturated carbocycles. The molecule has 20 heavy (non-hydrogen) atoms. The average molecular weight is 284 g/mol. The Bertz CT molecular complexity index is 949. The number of nitrogens with zero attached hydrogens (tertiary/aromatic N) is 2. The molecule has 3 aromatic rings. The Kier molecular flexibility index (Phi) is 2.73. The van der Waals surface area contributed by atoms with Crippen LogP contribution in [0.15, 0.2) is 23.0 Å². The number of fused-ring (bicyclic) bond motifs is 3. The molecule has 0 aliphatic rings. The second-order valence-electron chi connectivity index (χ2n) is 4.20. The van der Waals surface area contributed by atoms with E-state index in [1.165, 1.54) is 24.3 Å². The van der Waals surface area contributed by atoms with Gasteiger partial charge in [0.25, 0.3) is 0 Å². The number of benzene rings is 1. The molecule has 0 spiro atoms. The van der Waals surface area contributed by atoms with Gasteiger partial charge in [0.1, 0.15) is 6.07 Å². The molecule has 1 aromatic carbocycles. The summed E-state index contributed by atoms with van der Waals surface area (Å²) in [4.78, 5) is 29.5. The van der Waals surface area contributed by atoms with Gasteiger partial charge < -0.3 is 10.3 Å². The highest BCUT2D eigenvalue weighted by Gasteiger charge is 2.13. The molecule has 0 fully saturated rings. The van der Waals surface area contributed by atoms with E-state index in [0.29, 0.717) is 26.4 Å². The molecule has 6 nitrogen and oxygen atoms in total. The molecule has 7 heteroatoms. The number of nitrogens with one attached hydrogen (secondary N) is 2. The van der Waals surface area contributed by atoms with E-state index in [4.69, 9.17) is 0 Å². The van der Waals surface area contributed by atoms with Crippen molar-refractivity contribution < 1.29 is 4.79 Å². The van der Waals surface area contributed by atoms with Crippen LogP contribution >= 0.6 is 11.3 Å². The first-order valence-electron chi connectivity index (χ1n) is 5.73. The summed E-state index contributed by atoms with van der Waals surface area (Å²) in [6.07, 6.45) is 0. The summed E-state index contributed by atoms with van der Waals surface area (Å²) in [6.45, 7) is 1.40. The zero-order valence-corrected chi connectivity index (χ0v) is 11.2. The highest BCUT2D eigenvalue weighted by atomic mass is 32.1. The van der Waals surface area contributed by atoms with E-state index in [2.05, 4.69) is 21.4 Å². The van der Waals surface area contributed by atoms with Crippen molar-refractivity contribution in [2.24, 2.45) is 0 Å². The molecular formula is C13H8N4O2S. The van der Waals surface area contributed by atoms with Crippen molar-refractivity contribution in [2.45, 2.75) is 6.92 Å². The summed E-state index contributed by atoms with van der Waals surface area (Å²) in [6, 6.07) is 6.77. The van der Waals surface area contributed by atoms with Gasteiger partial charge in [-0.15, -0.1) is 0 Å². The minimum atomic E-state index is -0.238. The summed E-state index contributed by atoms with van der Waals surface area (Å²) in [5.41, 5.74) is 1.34. The zero-order chi connectivity index (χ0) is 14.3. The van der Waals surface area contributed by atoms with E-state index in [1.54, 1.807) is 12.1 Å². The number of carbonyl (C=O) groups excluding carboxylic acids is 1. The van der Waals surface area contributed by atoms with Crippen molar-refractivity contribution in [1.82, 2.24) is 9.97 Å². The minimum absolute atomic E-state index is 0.222. The van der Waals surface area contributed by atoms with E-state index in [-0.39, 0.29) is 11.5 Å². The third-order valence-corrected chi connectivity index (χ3v) is 3.77. The molecule has 2 aromatic heterocycles. The van der Waals surface area contributed by atoms with Crippen LogP contribution < -0.4 is 10.9 Å². The number of carbonyl (C=O) groups is 1. The number of hydrogen-bond acceptors (Lipinski definition) is 5. The fourth-order valence-corrected chi connectivity index (χ4v) is 2.98. The first kappa shape index (κ1) is 12.3. The van der Waals surface area contributed by atoms with Gasteiger partial charge in [-0.25, -0.2) is 4.98 Å². The lowest BCUT2D eigenvalue weighted by atomic mass is 10.1. The van der Waals surface area contributed by atoms with Crippen LogP contribution in [0, 0.1) is 11.3 Å². The monoisotopic (exact) mass is 284 g/mol. The van der Waals surface area contributed by atoms with Crippen LogP contribution in [-0.2, 0) is 4.79 Å². The number of pyridine rings is 1. The Morgan fingerprint density at radius 2 is 2.30 bits per heavy atom. The van der Waals surface area contributed by atoms with Crippen LogP contribution in [0.2, 0.25) is 0 Å². The van der Waals surface area contributed by atoms with Crippen LogP contribution in [0.25, 0.3) is 21.1 Å². The van der Waals surface area contributed by atoms with Crippen LogP contribution in [0.4, 0.5) is 5.13 Å². The molecule has 0 radical (unpaired) electrons. The Balaban J connectivity index is 2.41. The van der Waals surface area contributed by atoms with Crippen molar-refractivity contribution in [2.75, 3.05) is 5.32 Å². The van der Waals surface area contributed by atoms with Gasteiger partial charge in [0.15, 0.2) is 5.13 Å². The molecule has 98 valence electrons. The average Bonchev–Trinajstić information content (AvgIpc) is 2.79. The lowest BCUT2D eigenvalue weighted by Gasteiger charge is -1.99. The van der Waals surface area contributed by atoms with E-state index in [9.17, 15) is 14.9 Å². The molecular weight excluding hydrogens is 276 g/mol. The maximum Gasteiger partial charge on any atom is 0.248 e. The standard InChI is InChI=1S/C13H8N4O2S/c1-6(18)15-13-17-11-8-2-3-10(19)16-9(8)4-7(5-14)12(11)20-13/h2-4H,1H3,(H,16,19)(H,15,17,18). The number of anilines is 1. The van der Waals surface area contributed by atoms with Crippen molar-refractivity contribution >= 4 is 43.5 Å². The third-order valence-electron chi connectivity index (χ3n) is 2.77. The van der Waals surface area contributed by atoms with Crippen LogP contribution in [0.1, 0.15) is 12.5 Å². The number of aromatic nitrogens is 2. The number of thiazole rings is 1. The summed E-state index contributed by atoms with van der Waals surface area (Å²) in [5, 5.41) is 13.0. The molecule has 0 saturated heterocycles. The Morgan fingerprint density at radius 3 is 3.00 bits per heavy atom. The van der Waals surface area contributed by atoms with Gasteiger partial charge in [-0.2, -0.15) is 5.26 Å². The number of nitriles is 1. The molecule has 1 amide bonds. The van der Waals surface area contributed by atoms with E-state index >= 15 is 0 Å². The van der Waals surface area contributed by atoms with Crippen LogP contribution in [0.5, 0.6) is 0 Å². The fourth-order valence-electron chi connectivity index (χ4n) is 1.99. The predicted octanol–water partition coefficient (Wildman–Crippen LogP) is 1.97. The third kappa shape index (κ3) is 1.92. The molecule has 0 bridgehead atoms. The molecule has 2 heterocycles. The number of amides is 1. The second-order valence-corrected chi connectivity index (χ2v) is 5.20. The minimum Gasteiger partial charge on any atom is -0.322 e. The number of rotatable bonds is 1. The Labute approximate surface area is 116 Å². The van der Waals surface area contributed by atoms with E-state index < -0.39 is 0 Å². The largest absolute Gasteiger partial charge is 0.322 e. The summed E-state index contributed by atoms with van der Waals surface area (Å²) < 4.78 is 0.691. The molecule has 2 N–H and O–H groups in total. The maximum absolute atomic E-state index is 11.4. The summed E-state index contributed by atoms with van der Waals surface area (Å²) in [5.74, 6) is -0.222. The molecule has 0 aliphatic carbocycles. The van der Waals surface area contributed by atoms with Gasteiger partial charge in [0.05, 0.1) is 21.3 Å². The SMILES string of the molecule is CC(=O)Nc1nc2c(s1)c(C#N)cc1[nH]c(=O)ccc12. The summed E-state index contributed by atoms with van der Waals surface area (Å²) in [7, 11) is 0. The van der Waals surface area contributed by atoms with Crippen LogP contribution in [-0.4, -0.2) is 15.9 Å². The normalized spacial score (nSPS) is 10.6. The first-order chi connectivity index (χ1) is 9.58. The van der Waals surface area contributed by atoms with Gasteiger partial charge in [-0.1, -0.05) is 11.3 Å². The predicted molar refractivity (Wildman–Crippen MR) is 76.8 cm³/mol. The highest BCUT2D eigenvalue weighted by molar-refractivity contribution is 7.22. The first-order valence-corrected chi connectivity index (χ1v) is 6.54. The smallest absolute Gasteiger partial charge is 0.248 e. The second kappa shape index (κ2) is 4.43. The Hall–Kier alpha value is -2.72. The molecule has 0 atom stereocenters. The van der Waals surface area contributed by atoms with Gasteiger partial charge in [-0.3, -0.25) is 9.59 Å². The maximum atomic E-state index is 11.4. The van der Waals surface area contributed by atoms with Crippen molar-refractivity contribution in [3.63, 3.8) is 0 Å². The van der Waals surface area contributed by atoms with E-state index in [1.807, 2.05) is 0 Å². The van der Waals surface area contributed by atoms with Crippen molar-refractivity contribution in [3.8, 4) is 6.07 Å². The van der Waals surface area contributed by atoms with Crippen molar-refractivity contribution in [1.29, 1.82) is 5.26 Å². The van der Waals surface area contributed by atoms with Gasteiger partial charge in [0.2, 0.25) is 11.5 Å². The number of H-pyrrole nitrogens is 1. The molecule has 0 aliphatic heterocycles. The quantitative estimate of drug-likeness (QED) is 0.713. The van der Waals surface area contributed by atoms with Gasteiger partial charge in [0, 0.05) is 18.4 Å². The topological polar surface area (TPSA) is 98.6 Å². The van der Waals surface area contributed by atoms with Crippen molar-refractivity contribution in [3.05, 3.63) is 34.1 Å². The fraction of sp³-hybridized carbons (Fsp3) is 0.0769. The molecule has 3 rings (SSSR count). The Morgan fingerprint density at radius 1 is 1.50 bits per heavy atom. The van der Waals surface area contributed by atoms with Gasteiger partial charge >= 0.3 is 0 Å². The lowest BCUT2D eigenvalue weighted by molar-refractivity contribution is -0.114. The zero-order valence-electron chi connectivity index (χ0n) is 10.4. The lowest BCUT2D eigenvalue weighted by Crippen LogP contribution is -2.05. The highest BCUT2D eigenvalue weighted by Crippen LogP contribution is 2.33. The molecule has 0 unspecified atom stereocenters. The van der Waals surface area contributed by atoms with Crippen LogP contribution in [0.3, 0.4) is 0 Å².